The van der Waals surface area contributed by atoms with Crippen LogP contribution < -0.4 is 10.6 Å². The van der Waals surface area contributed by atoms with Crippen LogP contribution in [0.3, 0.4) is 0 Å². The number of nitrogens with one attached hydrogen (secondary N) is 2. The SMILES string of the molecule is CN=C(NCCc1ccncc1C)NCC(OC)C(C)(C)C.I. The molecule has 0 bridgehead atoms. The molecule has 0 spiro atoms. The maximum Gasteiger partial charge on any atom is 0.191 e. The lowest BCUT2D eigenvalue weighted by Gasteiger charge is -2.30. The van der Waals surface area contributed by atoms with Crippen molar-refractivity contribution >= 4 is 29.9 Å². The topological polar surface area (TPSA) is 58.5 Å². The standard InChI is InChI=1S/C17H30N4O.HI/c1-13-11-19-9-7-14(13)8-10-20-16(18-5)21-12-15(22-6)17(2,3)4;/h7,9,11,15H,8,10,12H2,1-6H3,(H2,18,20,21);1H. The molecule has 0 saturated heterocycles. The van der Waals surface area contributed by atoms with Gasteiger partial charge in [0.25, 0.3) is 0 Å². The average molecular weight is 434 g/mol. The predicted molar refractivity (Wildman–Crippen MR) is 108 cm³/mol. The monoisotopic (exact) mass is 434 g/mol. The van der Waals surface area contributed by atoms with Gasteiger partial charge in [-0.2, -0.15) is 0 Å². The van der Waals surface area contributed by atoms with E-state index in [2.05, 4.69) is 54.4 Å². The molecule has 0 aliphatic heterocycles. The lowest BCUT2D eigenvalue weighted by atomic mass is 9.89. The third kappa shape index (κ3) is 7.97. The Kier molecular flexibility index (Phi) is 10.4. The van der Waals surface area contributed by atoms with Crippen LogP contribution in [0.4, 0.5) is 0 Å². The molecule has 0 aliphatic rings. The van der Waals surface area contributed by atoms with Crippen LogP contribution in [0.5, 0.6) is 0 Å². The van der Waals surface area contributed by atoms with Gasteiger partial charge in [-0.15, -0.1) is 24.0 Å². The van der Waals surface area contributed by atoms with Crippen molar-refractivity contribution in [3.63, 3.8) is 0 Å². The van der Waals surface area contributed by atoms with Gasteiger partial charge in [-0.1, -0.05) is 20.8 Å². The summed E-state index contributed by atoms with van der Waals surface area (Å²) in [5.74, 6) is 0.804. The Hall–Kier alpha value is -0.890. The van der Waals surface area contributed by atoms with Gasteiger partial charge in [0.15, 0.2) is 5.96 Å². The first-order valence-corrected chi connectivity index (χ1v) is 7.75. The summed E-state index contributed by atoms with van der Waals surface area (Å²) < 4.78 is 5.55. The van der Waals surface area contributed by atoms with Crippen molar-refractivity contribution in [3.8, 4) is 0 Å². The molecule has 132 valence electrons. The number of hydrogen-bond acceptors (Lipinski definition) is 3. The molecule has 0 fully saturated rings. The van der Waals surface area contributed by atoms with Gasteiger partial charge in [0, 0.05) is 39.6 Å². The summed E-state index contributed by atoms with van der Waals surface area (Å²) in [5, 5.41) is 6.67. The fourth-order valence-electron chi connectivity index (χ4n) is 2.25. The van der Waals surface area contributed by atoms with Gasteiger partial charge in [0.05, 0.1) is 6.10 Å². The van der Waals surface area contributed by atoms with Gasteiger partial charge in [-0.05, 0) is 36.0 Å². The zero-order chi connectivity index (χ0) is 16.6. The number of halogens is 1. The number of rotatable bonds is 6. The zero-order valence-corrected chi connectivity index (χ0v) is 17.5. The molecule has 1 aromatic rings. The van der Waals surface area contributed by atoms with Crippen LogP contribution in [0.25, 0.3) is 0 Å². The van der Waals surface area contributed by atoms with Crippen molar-refractivity contribution in [2.45, 2.75) is 40.2 Å². The third-order valence-electron chi connectivity index (χ3n) is 3.75. The van der Waals surface area contributed by atoms with E-state index in [-0.39, 0.29) is 35.5 Å². The fourth-order valence-corrected chi connectivity index (χ4v) is 2.25. The van der Waals surface area contributed by atoms with Crippen molar-refractivity contribution in [2.24, 2.45) is 10.4 Å². The van der Waals surface area contributed by atoms with Crippen LogP contribution in [0.1, 0.15) is 31.9 Å². The molecule has 6 heteroatoms. The largest absolute Gasteiger partial charge is 0.379 e. The molecule has 0 amide bonds. The number of hydrogen-bond donors (Lipinski definition) is 2. The number of aryl methyl sites for hydroxylation is 1. The van der Waals surface area contributed by atoms with E-state index in [1.54, 1.807) is 14.2 Å². The first-order chi connectivity index (χ1) is 10.4. The molecule has 1 aromatic heterocycles. The second-order valence-electron chi connectivity index (χ2n) is 6.52. The highest BCUT2D eigenvalue weighted by Crippen LogP contribution is 2.20. The average Bonchev–Trinajstić information content (AvgIpc) is 2.46. The van der Waals surface area contributed by atoms with E-state index in [4.69, 9.17) is 4.74 Å². The minimum atomic E-state index is 0. The third-order valence-corrected chi connectivity index (χ3v) is 3.75. The minimum Gasteiger partial charge on any atom is -0.379 e. The quantitative estimate of drug-likeness (QED) is 0.411. The zero-order valence-electron chi connectivity index (χ0n) is 15.1. The summed E-state index contributed by atoms with van der Waals surface area (Å²) in [7, 11) is 3.53. The summed E-state index contributed by atoms with van der Waals surface area (Å²) in [5.41, 5.74) is 2.62. The molecule has 1 unspecified atom stereocenters. The normalized spacial score (nSPS) is 13.2. The lowest BCUT2D eigenvalue weighted by molar-refractivity contribution is 0.0205. The molecule has 1 atom stereocenters. The van der Waals surface area contributed by atoms with Crippen LogP contribution in [-0.2, 0) is 11.2 Å². The predicted octanol–water partition coefficient (Wildman–Crippen LogP) is 2.78. The number of pyridine rings is 1. The number of ether oxygens (including phenoxy) is 1. The maximum absolute atomic E-state index is 5.55. The van der Waals surface area contributed by atoms with Gasteiger partial charge < -0.3 is 15.4 Å². The molecule has 1 rings (SSSR count). The highest BCUT2D eigenvalue weighted by molar-refractivity contribution is 14.0. The number of aliphatic imine (C=N–C) groups is 1. The highest BCUT2D eigenvalue weighted by Gasteiger charge is 2.24. The summed E-state index contributed by atoms with van der Waals surface area (Å²) in [6.07, 6.45) is 4.81. The summed E-state index contributed by atoms with van der Waals surface area (Å²) >= 11 is 0. The molecule has 5 nitrogen and oxygen atoms in total. The van der Waals surface area contributed by atoms with Crippen LogP contribution in [0.2, 0.25) is 0 Å². The van der Waals surface area contributed by atoms with Crippen molar-refractivity contribution in [2.75, 3.05) is 27.2 Å². The van der Waals surface area contributed by atoms with Gasteiger partial charge >= 0.3 is 0 Å². The van der Waals surface area contributed by atoms with Crippen LogP contribution >= 0.6 is 24.0 Å². The van der Waals surface area contributed by atoms with Gasteiger partial charge in [-0.25, -0.2) is 0 Å². The van der Waals surface area contributed by atoms with Crippen LogP contribution in [-0.4, -0.2) is 44.3 Å². The number of guanidine groups is 1. The number of methoxy groups -OCH3 is 1. The Morgan fingerprint density at radius 1 is 1.35 bits per heavy atom. The smallest absolute Gasteiger partial charge is 0.191 e. The molecular weight excluding hydrogens is 403 g/mol. The van der Waals surface area contributed by atoms with E-state index in [0.717, 1.165) is 25.5 Å². The van der Waals surface area contributed by atoms with Crippen molar-refractivity contribution in [3.05, 3.63) is 29.6 Å². The Morgan fingerprint density at radius 3 is 2.57 bits per heavy atom. The second kappa shape index (κ2) is 10.8. The highest BCUT2D eigenvalue weighted by atomic mass is 127. The molecule has 23 heavy (non-hydrogen) atoms. The Bertz CT molecular complexity index is 486. The molecular formula is C17H31IN4O. The van der Waals surface area contributed by atoms with E-state index in [1.165, 1.54) is 11.1 Å². The van der Waals surface area contributed by atoms with E-state index < -0.39 is 0 Å². The summed E-state index contributed by atoms with van der Waals surface area (Å²) in [4.78, 5) is 8.37. The Labute approximate surface area is 157 Å². The summed E-state index contributed by atoms with van der Waals surface area (Å²) in [6, 6.07) is 2.06. The van der Waals surface area contributed by atoms with Crippen molar-refractivity contribution < 1.29 is 4.74 Å². The Morgan fingerprint density at radius 2 is 2.04 bits per heavy atom. The van der Waals surface area contributed by atoms with Crippen molar-refractivity contribution in [1.29, 1.82) is 0 Å². The second-order valence-corrected chi connectivity index (χ2v) is 6.52. The first kappa shape index (κ1) is 22.1. The maximum atomic E-state index is 5.55. The number of aromatic nitrogens is 1. The van der Waals surface area contributed by atoms with Gasteiger partial charge in [0.1, 0.15) is 0 Å². The minimum absolute atomic E-state index is 0. The van der Waals surface area contributed by atoms with Crippen molar-refractivity contribution in [1.82, 2.24) is 15.6 Å². The van der Waals surface area contributed by atoms with E-state index >= 15 is 0 Å². The van der Waals surface area contributed by atoms with E-state index in [9.17, 15) is 0 Å². The van der Waals surface area contributed by atoms with Crippen LogP contribution in [0.15, 0.2) is 23.5 Å². The van der Waals surface area contributed by atoms with E-state index in [0.29, 0.717) is 0 Å². The van der Waals surface area contributed by atoms with E-state index in [1.807, 2.05) is 12.4 Å². The molecule has 2 N–H and O–H groups in total. The Balaban J connectivity index is 0.00000484. The molecule has 0 saturated carbocycles. The number of nitrogens with zero attached hydrogens (tertiary/aromatic N) is 2. The molecule has 0 radical (unpaired) electrons. The molecule has 0 aliphatic carbocycles. The van der Waals surface area contributed by atoms with Gasteiger partial charge in [-0.3, -0.25) is 9.98 Å². The molecule has 1 heterocycles. The van der Waals surface area contributed by atoms with Crippen LogP contribution in [0, 0.1) is 12.3 Å². The van der Waals surface area contributed by atoms with Gasteiger partial charge in [0.2, 0.25) is 0 Å². The molecule has 0 aromatic carbocycles. The lowest BCUT2D eigenvalue weighted by Crippen LogP contribution is -2.45. The summed E-state index contributed by atoms with van der Waals surface area (Å²) in [6.45, 7) is 10.2. The first-order valence-electron chi connectivity index (χ1n) is 7.75. The fraction of sp³-hybridized carbons (Fsp3) is 0.647.